The van der Waals surface area contributed by atoms with Gasteiger partial charge in [0.15, 0.2) is 5.69 Å². The van der Waals surface area contributed by atoms with Gasteiger partial charge in [-0.15, -0.1) is 0 Å². The summed E-state index contributed by atoms with van der Waals surface area (Å²) in [5.74, 6) is 0. The zero-order chi connectivity index (χ0) is 7.68. The van der Waals surface area contributed by atoms with E-state index in [1.807, 2.05) is 24.3 Å². The lowest BCUT2D eigenvalue weighted by molar-refractivity contribution is -0.775. The smallest absolute Gasteiger partial charge is 0.154 e. The van der Waals surface area contributed by atoms with Crippen molar-refractivity contribution in [1.29, 1.82) is 0 Å². The summed E-state index contributed by atoms with van der Waals surface area (Å²) in [6.45, 7) is 1.40. The van der Waals surface area contributed by atoms with Crippen LogP contribution in [0.5, 0.6) is 0 Å². The number of quaternary nitrogens is 1. The first-order valence-electron chi connectivity index (χ1n) is 3.74. The van der Waals surface area contributed by atoms with Gasteiger partial charge in [0.1, 0.15) is 0 Å². The Bertz CT molecular complexity index is 262. The summed E-state index contributed by atoms with van der Waals surface area (Å²) in [7, 11) is 0. The molecule has 1 aromatic rings. The minimum absolute atomic E-state index is 0.249. The van der Waals surface area contributed by atoms with E-state index < -0.39 is 0 Å². The van der Waals surface area contributed by atoms with Crippen LogP contribution < -0.4 is 10.4 Å². The van der Waals surface area contributed by atoms with Gasteiger partial charge in [0, 0.05) is 6.07 Å². The van der Waals surface area contributed by atoms with Gasteiger partial charge in [-0.25, -0.2) is 0 Å². The molecule has 1 atom stereocenters. The Kier molecular flexibility index (Phi) is 1.52. The molecule has 11 heavy (non-hydrogen) atoms. The van der Waals surface area contributed by atoms with E-state index in [4.69, 9.17) is 0 Å². The monoisotopic (exact) mass is 150 g/mol. The summed E-state index contributed by atoms with van der Waals surface area (Å²) < 4.78 is 0. The highest BCUT2D eigenvalue weighted by atomic mass is 16.5. The molecule has 58 valence electrons. The maximum atomic E-state index is 11.2. The zero-order valence-electron chi connectivity index (χ0n) is 6.13. The molecule has 3 heteroatoms. The largest absolute Gasteiger partial charge is 0.629 e. The fraction of sp³-hybridized carbons (Fsp3) is 0.250. The first-order valence-corrected chi connectivity index (χ1v) is 3.74. The van der Waals surface area contributed by atoms with Crippen LogP contribution in [0.1, 0.15) is 0 Å². The van der Waals surface area contributed by atoms with Crippen molar-refractivity contribution < 1.29 is 5.06 Å². The third-order valence-corrected chi connectivity index (χ3v) is 1.89. The number of para-hydroxylation sites is 2. The number of anilines is 1. The topological polar surface area (TPSA) is 39.5 Å². The highest BCUT2D eigenvalue weighted by Gasteiger charge is 2.13. The van der Waals surface area contributed by atoms with Gasteiger partial charge in [-0.1, -0.05) is 12.1 Å². The lowest BCUT2D eigenvalue weighted by Gasteiger charge is -2.28. The van der Waals surface area contributed by atoms with E-state index in [9.17, 15) is 5.21 Å². The molecule has 1 aromatic carbocycles. The molecule has 0 radical (unpaired) electrons. The van der Waals surface area contributed by atoms with E-state index in [0.717, 1.165) is 17.9 Å². The molecule has 0 saturated heterocycles. The van der Waals surface area contributed by atoms with Crippen LogP contribution >= 0.6 is 0 Å². The maximum absolute atomic E-state index is 11.2. The van der Waals surface area contributed by atoms with Gasteiger partial charge in [0.2, 0.25) is 0 Å². The second kappa shape index (κ2) is 2.53. The maximum Gasteiger partial charge on any atom is 0.154 e. The van der Waals surface area contributed by atoms with Gasteiger partial charge in [0.05, 0.1) is 18.8 Å². The van der Waals surface area contributed by atoms with Gasteiger partial charge < -0.3 is 15.6 Å². The van der Waals surface area contributed by atoms with Crippen LogP contribution in [-0.4, -0.2) is 13.1 Å². The van der Waals surface area contributed by atoms with E-state index in [0.29, 0.717) is 6.54 Å². The van der Waals surface area contributed by atoms with Crippen molar-refractivity contribution in [3.63, 3.8) is 0 Å². The van der Waals surface area contributed by atoms with Crippen LogP contribution in [0.25, 0.3) is 0 Å². The van der Waals surface area contributed by atoms with Crippen molar-refractivity contribution in [2.24, 2.45) is 0 Å². The molecule has 0 fully saturated rings. The summed E-state index contributed by atoms with van der Waals surface area (Å²) in [4.78, 5) is 0. The van der Waals surface area contributed by atoms with Crippen LogP contribution in [0.2, 0.25) is 0 Å². The van der Waals surface area contributed by atoms with Crippen LogP contribution in [0.4, 0.5) is 11.4 Å². The molecule has 2 N–H and O–H groups in total. The number of nitrogens with one attached hydrogen (secondary N) is 2. The standard InChI is InChI=1S/C8H10N2O/c11-10-6-5-9-7-3-1-2-4-8(7)10/h1-4,9-10H,5-6H2. The van der Waals surface area contributed by atoms with Gasteiger partial charge in [-0.2, -0.15) is 0 Å². The molecule has 0 saturated carbocycles. The molecule has 1 aliphatic heterocycles. The van der Waals surface area contributed by atoms with E-state index >= 15 is 0 Å². The average Bonchev–Trinajstić information content (AvgIpc) is 2.06. The summed E-state index contributed by atoms with van der Waals surface area (Å²) in [6.07, 6.45) is 0. The predicted molar refractivity (Wildman–Crippen MR) is 43.8 cm³/mol. The summed E-state index contributed by atoms with van der Waals surface area (Å²) in [5.41, 5.74) is 1.81. The quantitative estimate of drug-likeness (QED) is 0.516. The lowest BCUT2D eigenvalue weighted by Crippen LogP contribution is -3.03. The number of benzene rings is 1. The van der Waals surface area contributed by atoms with Gasteiger partial charge in [-0.05, 0) is 6.07 Å². The Morgan fingerprint density at radius 2 is 2.18 bits per heavy atom. The van der Waals surface area contributed by atoms with Crippen molar-refractivity contribution in [2.45, 2.75) is 0 Å². The minimum atomic E-state index is 0.249. The van der Waals surface area contributed by atoms with Gasteiger partial charge in [0.25, 0.3) is 0 Å². The first kappa shape index (κ1) is 6.64. The molecule has 0 bridgehead atoms. The molecule has 2 rings (SSSR count). The highest BCUT2D eigenvalue weighted by molar-refractivity contribution is 5.61. The van der Waals surface area contributed by atoms with Crippen LogP contribution in [0.15, 0.2) is 24.3 Å². The number of hydroxylamine groups is 1. The Morgan fingerprint density at radius 1 is 1.36 bits per heavy atom. The number of fused-ring (bicyclic) bond motifs is 1. The third-order valence-electron chi connectivity index (χ3n) is 1.89. The van der Waals surface area contributed by atoms with E-state index in [1.54, 1.807) is 0 Å². The molecule has 0 aliphatic carbocycles. The fourth-order valence-corrected chi connectivity index (χ4v) is 1.33. The van der Waals surface area contributed by atoms with Crippen molar-refractivity contribution in [3.05, 3.63) is 29.5 Å². The summed E-state index contributed by atoms with van der Waals surface area (Å²) in [6, 6.07) is 7.63. The zero-order valence-corrected chi connectivity index (χ0v) is 6.13. The normalized spacial score (nSPS) is 22.1. The summed E-state index contributed by atoms with van der Waals surface area (Å²) >= 11 is 0. The molecular weight excluding hydrogens is 140 g/mol. The van der Waals surface area contributed by atoms with Gasteiger partial charge in [-0.3, -0.25) is 0 Å². The molecule has 0 amide bonds. The van der Waals surface area contributed by atoms with Crippen molar-refractivity contribution >= 4 is 11.4 Å². The summed E-state index contributed by atoms with van der Waals surface area (Å²) in [5, 5.41) is 14.7. The van der Waals surface area contributed by atoms with E-state index in [-0.39, 0.29) is 5.06 Å². The molecule has 1 heterocycles. The molecule has 0 spiro atoms. The Balaban J connectivity index is 2.44. The van der Waals surface area contributed by atoms with Crippen molar-refractivity contribution in [2.75, 3.05) is 18.4 Å². The van der Waals surface area contributed by atoms with E-state index in [1.165, 1.54) is 0 Å². The number of hydrogen-bond acceptors (Lipinski definition) is 2. The predicted octanol–water partition coefficient (Wildman–Crippen LogP) is 0.126. The van der Waals surface area contributed by atoms with E-state index in [2.05, 4.69) is 5.32 Å². The molecular formula is C8H10N2O. The third kappa shape index (κ3) is 1.08. The average molecular weight is 150 g/mol. The Labute approximate surface area is 65.2 Å². The minimum Gasteiger partial charge on any atom is -0.629 e. The van der Waals surface area contributed by atoms with Crippen LogP contribution in [0, 0.1) is 5.21 Å². The molecule has 3 nitrogen and oxygen atoms in total. The SMILES string of the molecule is [O-][NH+]1CCNc2ccccc21. The van der Waals surface area contributed by atoms with Crippen LogP contribution in [0.3, 0.4) is 0 Å². The number of hydrogen-bond donors (Lipinski definition) is 2. The number of rotatable bonds is 0. The lowest BCUT2D eigenvalue weighted by atomic mass is 10.2. The Hall–Kier alpha value is -1.06. The Morgan fingerprint density at radius 3 is 3.00 bits per heavy atom. The molecule has 0 aromatic heterocycles. The van der Waals surface area contributed by atoms with Crippen LogP contribution in [-0.2, 0) is 0 Å². The second-order valence-corrected chi connectivity index (χ2v) is 2.65. The second-order valence-electron chi connectivity index (χ2n) is 2.65. The highest BCUT2D eigenvalue weighted by Crippen LogP contribution is 2.17. The van der Waals surface area contributed by atoms with Crippen molar-refractivity contribution in [1.82, 2.24) is 0 Å². The first-order chi connectivity index (χ1) is 5.38. The van der Waals surface area contributed by atoms with Crippen molar-refractivity contribution in [3.8, 4) is 0 Å². The molecule has 1 aliphatic rings. The fourth-order valence-electron chi connectivity index (χ4n) is 1.33. The van der Waals surface area contributed by atoms with Gasteiger partial charge >= 0.3 is 0 Å². The molecule has 1 unspecified atom stereocenters.